The zero-order valence-electron chi connectivity index (χ0n) is 18.3. The first-order valence-corrected chi connectivity index (χ1v) is 11.4. The maximum absolute atomic E-state index is 8.89. The van der Waals surface area contributed by atoms with Gasteiger partial charge in [-0.1, -0.05) is 75.8 Å². The number of rotatable bonds is 14. The van der Waals surface area contributed by atoms with Crippen LogP contribution >= 0.6 is 0 Å². The standard InChI is InChI=1S/C27H34N2O/c1-2-3-4-5-6-7-10-21-30-27-17-16-25(22-26(27)11-8-9-19-28)24-14-12-23(13-15-24)18-20-29/h12-17,22H,2-11,18,21H2,1H3. The summed E-state index contributed by atoms with van der Waals surface area (Å²) in [7, 11) is 0. The van der Waals surface area contributed by atoms with Crippen LogP contribution in [0.2, 0.25) is 0 Å². The highest BCUT2D eigenvalue weighted by atomic mass is 16.5. The van der Waals surface area contributed by atoms with Crippen molar-refractivity contribution in [1.29, 1.82) is 10.5 Å². The Hall–Kier alpha value is -2.78. The molecule has 3 heteroatoms. The van der Waals surface area contributed by atoms with Gasteiger partial charge >= 0.3 is 0 Å². The van der Waals surface area contributed by atoms with Crippen LogP contribution in [0.5, 0.6) is 5.75 Å². The average Bonchev–Trinajstić information content (AvgIpc) is 2.77. The van der Waals surface area contributed by atoms with Crippen molar-refractivity contribution in [2.45, 2.75) is 77.6 Å². The molecule has 0 bridgehead atoms. The van der Waals surface area contributed by atoms with Crippen LogP contribution in [-0.2, 0) is 12.8 Å². The van der Waals surface area contributed by atoms with E-state index in [0.29, 0.717) is 12.8 Å². The quantitative estimate of drug-likeness (QED) is 0.309. The van der Waals surface area contributed by atoms with Gasteiger partial charge in [0.1, 0.15) is 5.75 Å². The summed E-state index contributed by atoms with van der Waals surface area (Å²) < 4.78 is 6.12. The highest BCUT2D eigenvalue weighted by Crippen LogP contribution is 2.28. The Labute approximate surface area is 182 Å². The van der Waals surface area contributed by atoms with Crippen molar-refractivity contribution in [2.75, 3.05) is 6.61 Å². The third-order valence-corrected chi connectivity index (χ3v) is 5.37. The molecule has 0 saturated heterocycles. The minimum atomic E-state index is 0.436. The molecule has 0 aliphatic rings. The monoisotopic (exact) mass is 402 g/mol. The van der Waals surface area contributed by atoms with Gasteiger partial charge in [0.25, 0.3) is 0 Å². The summed E-state index contributed by atoms with van der Waals surface area (Å²) >= 11 is 0. The largest absolute Gasteiger partial charge is 0.493 e. The molecule has 2 rings (SSSR count). The lowest BCUT2D eigenvalue weighted by Gasteiger charge is -2.14. The molecule has 0 atom stereocenters. The number of ether oxygens (including phenoxy) is 1. The number of aryl methyl sites for hydroxylation is 1. The first kappa shape index (κ1) is 23.5. The topological polar surface area (TPSA) is 56.8 Å². The fourth-order valence-electron chi connectivity index (χ4n) is 3.60. The lowest BCUT2D eigenvalue weighted by atomic mass is 9.98. The summed E-state index contributed by atoms with van der Waals surface area (Å²) in [4.78, 5) is 0. The minimum Gasteiger partial charge on any atom is -0.493 e. The molecular formula is C27H34N2O. The van der Waals surface area contributed by atoms with Crippen LogP contribution < -0.4 is 4.74 Å². The predicted octanol–water partition coefficient (Wildman–Crippen LogP) is 7.40. The molecule has 0 N–H and O–H groups in total. The van der Waals surface area contributed by atoms with Crippen LogP contribution in [-0.4, -0.2) is 6.61 Å². The minimum absolute atomic E-state index is 0.436. The van der Waals surface area contributed by atoms with E-state index in [1.54, 1.807) is 0 Å². The van der Waals surface area contributed by atoms with Gasteiger partial charge in [-0.2, -0.15) is 10.5 Å². The number of benzene rings is 2. The molecule has 0 spiro atoms. The molecular weight excluding hydrogens is 368 g/mol. The van der Waals surface area contributed by atoms with E-state index in [1.165, 1.54) is 44.1 Å². The van der Waals surface area contributed by atoms with Crippen molar-refractivity contribution >= 4 is 0 Å². The molecule has 30 heavy (non-hydrogen) atoms. The number of unbranched alkanes of at least 4 members (excludes halogenated alkanes) is 7. The van der Waals surface area contributed by atoms with E-state index in [-0.39, 0.29) is 0 Å². The van der Waals surface area contributed by atoms with Gasteiger partial charge in [0, 0.05) is 6.42 Å². The highest BCUT2D eigenvalue weighted by Gasteiger charge is 2.08. The zero-order chi connectivity index (χ0) is 21.4. The SMILES string of the molecule is CCCCCCCCCOc1ccc(-c2ccc(CC#N)cc2)cc1CCCC#N. The second-order valence-corrected chi connectivity index (χ2v) is 7.84. The maximum Gasteiger partial charge on any atom is 0.122 e. The van der Waals surface area contributed by atoms with Gasteiger partial charge in [-0.25, -0.2) is 0 Å². The Morgan fingerprint density at radius 3 is 2.17 bits per heavy atom. The third-order valence-electron chi connectivity index (χ3n) is 5.37. The number of hydrogen-bond donors (Lipinski definition) is 0. The van der Waals surface area contributed by atoms with E-state index in [9.17, 15) is 0 Å². The summed E-state index contributed by atoms with van der Waals surface area (Å²) in [5.41, 5.74) is 4.49. The zero-order valence-corrected chi connectivity index (χ0v) is 18.3. The molecule has 0 saturated carbocycles. The Kier molecular flexibility index (Phi) is 11.2. The molecule has 0 heterocycles. The number of nitriles is 2. The van der Waals surface area contributed by atoms with Crippen molar-refractivity contribution < 1.29 is 4.74 Å². The summed E-state index contributed by atoms with van der Waals surface area (Å²) in [6.07, 6.45) is 11.6. The molecule has 0 fully saturated rings. The van der Waals surface area contributed by atoms with E-state index < -0.39 is 0 Å². The summed E-state index contributed by atoms with van der Waals surface area (Å²) in [6, 6.07) is 19.0. The normalized spacial score (nSPS) is 10.4. The van der Waals surface area contributed by atoms with E-state index in [1.807, 2.05) is 12.1 Å². The average molecular weight is 403 g/mol. The fraction of sp³-hybridized carbons (Fsp3) is 0.481. The Morgan fingerprint density at radius 1 is 0.767 bits per heavy atom. The van der Waals surface area contributed by atoms with Crippen LogP contribution in [0.25, 0.3) is 11.1 Å². The van der Waals surface area contributed by atoms with Crippen molar-refractivity contribution in [3.63, 3.8) is 0 Å². The fourth-order valence-corrected chi connectivity index (χ4v) is 3.60. The Bertz CT molecular complexity index is 827. The predicted molar refractivity (Wildman–Crippen MR) is 123 cm³/mol. The molecule has 158 valence electrons. The van der Waals surface area contributed by atoms with Crippen LogP contribution in [0.1, 0.15) is 75.8 Å². The van der Waals surface area contributed by atoms with E-state index in [2.05, 4.69) is 49.4 Å². The van der Waals surface area contributed by atoms with E-state index in [4.69, 9.17) is 15.3 Å². The summed E-state index contributed by atoms with van der Waals surface area (Å²) in [5, 5.41) is 17.7. The van der Waals surface area contributed by atoms with E-state index >= 15 is 0 Å². The third kappa shape index (κ3) is 8.30. The van der Waals surface area contributed by atoms with Crippen molar-refractivity contribution in [3.8, 4) is 29.0 Å². The molecule has 2 aromatic carbocycles. The van der Waals surface area contributed by atoms with Crippen molar-refractivity contribution in [3.05, 3.63) is 53.6 Å². The second kappa shape index (κ2) is 14.2. The molecule has 0 aliphatic carbocycles. The van der Waals surface area contributed by atoms with Gasteiger partial charge in [-0.15, -0.1) is 0 Å². The first-order valence-electron chi connectivity index (χ1n) is 11.4. The van der Waals surface area contributed by atoms with Gasteiger partial charge in [-0.3, -0.25) is 0 Å². The lowest BCUT2D eigenvalue weighted by Crippen LogP contribution is -2.01. The van der Waals surface area contributed by atoms with E-state index in [0.717, 1.165) is 48.3 Å². The Balaban J connectivity index is 1.97. The Morgan fingerprint density at radius 2 is 1.47 bits per heavy atom. The van der Waals surface area contributed by atoms with Crippen LogP contribution in [0.4, 0.5) is 0 Å². The molecule has 0 aromatic heterocycles. The molecule has 0 amide bonds. The van der Waals surface area contributed by atoms with Gasteiger partial charge in [-0.05, 0) is 53.6 Å². The maximum atomic E-state index is 8.89. The first-order chi connectivity index (χ1) is 14.8. The van der Waals surface area contributed by atoms with Crippen LogP contribution in [0.15, 0.2) is 42.5 Å². The van der Waals surface area contributed by atoms with Gasteiger partial charge in [0.15, 0.2) is 0 Å². The highest BCUT2D eigenvalue weighted by molar-refractivity contribution is 5.66. The number of nitrogens with zero attached hydrogens (tertiary/aromatic N) is 2. The number of hydrogen-bond acceptors (Lipinski definition) is 3. The molecule has 0 unspecified atom stereocenters. The smallest absolute Gasteiger partial charge is 0.122 e. The van der Waals surface area contributed by atoms with Crippen molar-refractivity contribution in [1.82, 2.24) is 0 Å². The van der Waals surface area contributed by atoms with Gasteiger partial charge in [0.2, 0.25) is 0 Å². The van der Waals surface area contributed by atoms with Crippen LogP contribution in [0.3, 0.4) is 0 Å². The van der Waals surface area contributed by atoms with Gasteiger partial charge in [0.05, 0.1) is 25.2 Å². The summed E-state index contributed by atoms with van der Waals surface area (Å²) in [6.45, 7) is 3.00. The van der Waals surface area contributed by atoms with Crippen LogP contribution in [0, 0.1) is 22.7 Å². The summed E-state index contributed by atoms with van der Waals surface area (Å²) in [5.74, 6) is 0.948. The van der Waals surface area contributed by atoms with Gasteiger partial charge < -0.3 is 4.74 Å². The molecule has 0 radical (unpaired) electrons. The molecule has 2 aromatic rings. The molecule has 0 aliphatic heterocycles. The second-order valence-electron chi connectivity index (χ2n) is 7.84. The molecule has 3 nitrogen and oxygen atoms in total. The lowest BCUT2D eigenvalue weighted by molar-refractivity contribution is 0.301. The van der Waals surface area contributed by atoms with Crippen molar-refractivity contribution in [2.24, 2.45) is 0 Å².